The molecular weight excluding hydrogens is 262 g/mol. The van der Waals surface area contributed by atoms with Crippen LogP contribution in [0, 0.1) is 0 Å². The number of methoxy groups -OCH3 is 1. The van der Waals surface area contributed by atoms with Crippen LogP contribution in [0.1, 0.15) is 17.0 Å². The predicted octanol–water partition coefficient (Wildman–Crippen LogP) is 2.63. The smallest absolute Gasteiger partial charge is 0.123 e. The van der Waals surface area contributed by atoms with Crippen LogP contribution in [-0.4, -0.2) is 16.7 Å². The number of nitrogens with zero attached hydrogens (tertiary/aromatic N) is 2. The zero-order valence-corrected chi connectivity index (χ0v) is 12.3. The van der Waals surface area contributed by atoms with E-state index < -0.39 is 0 Å². The Kier molecular flexibility index (Phi) is 3.62. The molecule has 0 atom stereocenters. The quantitative estimate of drug-likeness (QED) is 0.800. The van der Waals surface area contributed by atoms with Gasteiger partial charge in [-0.05, 0) is 23.8 Å². The SMILES string of the molecule is COc1ccc(Cc2nc3ccccc3n2C)cc1CN. The van der Waals surface area contributed by atoms with Gasteiger partial charge in [-0.15, -0.1) is 0 Å². The van der Waals surface area contributed by atoms with Gasteiger partial charge in [0, 0.05) is 25.6 Å². The Hall–Kier alpha value is -2.33. The number of hydrogen-bond acceptors (Lipinski definition) is 3. The molecule has 0 aliphatic carbocycles. The Morgan fingerprint density at radius 3 is 2.71 bits per heavy atom. The number of hydrogen-bond donors (Lipinski definition) is 1. The average molecular weight is 281 g/mol. The summed E-state index contributed by atoms with van der Waals surface area (Å²) in [7, 11) is 3.72. The largest absolute Gasteiger partial charge is 0.496 e. The van der Waals surface area contributed by atoms with Crippen molar-refractivity contribution >= 4 is 11.0 Å². The van der Waals surface area contributed by atoms with Gasteiger partial charge < -0.3 is 15.0 Å². The molecule has 0 bridgehead atoms. The highest BCUT2D eigenvalue weighted by atomic mass is 16.5. The van der Waals surface area contributed by atoms with Gasteiger partial charge in [0.15, 0.2) is 0 Å². The van der Waals surface area contributed by atoms with Gasteiger partial charge in [-0.25, -0.2) is 4.98 Å². The van der Waals surface area contributed by atoms with E-state index in [2.05, 4.69) is 29.8 Å². The molecule has 0 unspecified atom stereocenters. The van der Waals surface area contributed by atoms with Gasteiger partial charge >= 0.3 is 0 Å². The first-order valence-electron chi connectivity index (χ1n) is 6.99. The van der Waals surface area contributed by atoms with E-state index in [0.717, 1.165) is 34.6 Å². The Bertz CT molecular complexity index is 777. The lowest BCUT2D eigenvalue weighted by Crippen LogP contribution is -2.03. The second-order valence-electron chi connectivity index (χ2n) is 5.10. The lowest BCUT2D eigenvalue weighted by Gasteiger charge is -2.09. The van der Waals surface area contributed by atoms with Crippen LogP contribution >= 0.6 is 0 Å². The van der Waals surface area contributed by atoms with Crippen molar-refractivity contribution in [3.8, 4) is 5.75 Å². The second-order valence-corrected chi connectivity index (χ2v) is 5.10. The van der Waals surface area contributed by atoms with Crippen molar-refractivity contribution in [2.75, 3.05) is 7.11 Å². The van der Waals surface area contributed by atoms with Crippen molar-refractivity contribution in [1.29, 1.82) is 0 Å². The summed E-state index contributed by atoms with van der Waals surface area (Å²) < 4.78 is 7.45. The number of imidazole rings is 1. The van der Waals surface area contributed by atoms with Gasteiger partial charge in [-0.2, -0.15) is 0 Å². The van der Waals surface area contributed by atoms with Crippen molar-refractivity contribution in [2.24, 2.45) is 12.8 Å². The summed E-state index contributed by atoms with van der Waals surface area (Å²) in [6.45, 7) is 0.472. The zero-order chi connectivity index (χ0) is 14.8. The molecule has 1 aromatic heterocycles. The van der Waals surface area contributed by atoms with Gasteiger partial charge in [-0.3, -0.25) is 0 Å². The summed E-state index contributed by atoms with van der Waals surface area (Å²) in [6.07, 6.45) is 0.780. The van der Waals surface area contributed by atoms with E-state index in [0.29, 0.717) is 6.54 Å². The third kappa shape index (κ3) is 2.50. The first-order chi connectivity index (χ1) is 10.2. The van der Waals surface area contributed by atoms with Crippen molar-refractivity contribution in [3.63, 3.8) is 0 Å². The molecule has 0 aliphatic rings. The second kappa shape index (κ2) is 5.58. The number of rotatable bonds is 4. The van der Waals surface area contributed by atoms with Crippen molar-refractivity contribution in [2.45, 2.75) is 13.0 Å². The minimum Gasteiger partial charge on any atom is -0.496 e. The van der Waals surface area contributed by atoms with Crippen LogP contribution in [0.5, 0.6) is 5.75 Å². The molecule has 0 fully saturated rings. The van der Waals surface area contributed by atoms with Gasteiger partial charge in [0.2, 0.25) is 0 Å². The molecule has 0 saturated heterocycles. The fourth-order valence-electron chi connectivity index (χ4n) is 2.64. The number of ether oxygens (including phenoxy) is 1. The highest BCUT2D eigenvalue weighted by Gasteiger charge is 2.09. The summed E-state index contributed by atoms with van der Waals surface area (Å²) in [4.78, 5) is 4.71. The molecule has 1 heterocycles. The van der Waals surface area contributed by atoms with Crippen LogP contribution in [0.15, 0.2) is 42.5 Å². The number of nitrogens with two attached hydrogens (primary N) is 1. The van der Waals surface area contributed by atoms with Gasteiger partial charge in [-0.1, -0.05) is 24.3 Å². The number of fused-ring (bicyclic) bond motifs is 1. The topological polar surface area (TPSA) is 53.1 Å². The molecule has 4 heteroatoms. The van der Waals surface area contributed by atoms with Crippen molar-refractivity contribution in [3.05, 3.63) is 59.4 Å². The van der Waals surface area contributed by atoms with E-state index in [4.69, 9.17) is 15.5 Å². The van der Waals surface area contributed by atoms with E-state index in [1.54, 1.807) is 7.11 Å². The maximum atomic E-state index is 5.78. The maximum absolute atomic E-state index is 5.78. The van der Waals surface area contributed by atoms with Crippen LogP contribution < -0.4 is 10.5 Å². The first-order valence-corrected chi connectivity index (χ1v) is 6.99. The van der Waals surface area contributed by atoms with E-state index in [1.165, 1.54) is 5.56 Å². The molecule has 0 amide bonds. The average Bonchev–Trinajstić information content (AvgIpc) is 2.84. The summed E-state index contributed by atoms with van der Waals surface area (Å²) in [5, 5.41) is 0. The van der Waals surface area contributed by atoms with E-state index in [9.17, 15) is 0 Å². The number of para-hydroxylation sites is 2. The summed E-state index contributed by atoms with van der Waals surface area (Å²) in [5.74, 6) is 1.88. The van der Waals surface area contributed by atoms with Crippen molar-refractivity contribution in [1.82, 2.24) is 9.55 Å². The van der Waals surface area contributed by atoms with Crippen LogP contribution in [0.3, 0.4) is 0 Å². The van der Waals surface area contributed by atoms with E-state index in [1.807, 2.05) is 24.3 Å². The number of benzene rings is 2. The van der Waals surface area contributed by atoms with Crippen LogP contribution in [-0.2, 0) is 20.0 Å². The third-order valence-electron chi connectivity index (χ3n) is 3.81. The van der Waals surface area contributed by atoms with Crippen LogP contribution in [0.2, 0.25) is 0 Å². The molecule has 0 aliphatic heterocycles. The van der Waals surface area contributed by atoms with E-state index in [-0.39, 0.29) is 0 Å². The fourth-order valence-corrected chi connectivity index (χ4v) is 2.64. The molecule has 0 spiro atoms. The third-order valence-corrected chi connectivity index (χ3v) is 3.81. The molecule has 0 saturated carbocycles. The molecule has 2 aromatic carbocycles. The summed E-state index contributed by atoms with van der Waals surface area (Å²) in [5.41, 5.74) is 10.2. The number of aromatic nitrogens is 2. The van der Waals surface area contributed by atoms with Gasteiger partial charge in [0.05, 0.1) is 18.1 Å². The highest BCUT2D eigenvalue weighted by Crippen LogP contribution is 2.22. The van der Waals surface area contributed by atoms with Crippen LogP contribution in [0.25, 0.3) is 11.0 Å². The normalized spacial score (nSPS) is 11.0. The van der Waals surface area contributed by atoms with E-state index >= 15 is 0 Å². The molecule has 3 aromatic rings. The number of aryl methyl sites for hydroxylation is 1. The molecule has 3 rings (SSSR count). The molecule has 21 heavy (non-hydrogen) atoms. The molecule has 0 radical (unpaired) electrons. The Morgan fingerprint density at radius 2 is 2.00 bits per heavy atom. The lowest BCUT2D eigenvalue weighted by atomic mass is 10.1. The Balaban J connectivity index is 1.96. The predicted molar refractivity (Wildman–Crippen MR) is 84.4 cm³/mol. The van der Waals surface area contributed by atoms with Gasteiger partial charge in [0.1, 0.15) is 11.6 Å². The zero-order valence-electron chi connectivity index (χ0n) is 12.3. The Morgan fingerprint density at radius 1 is 1.19 bits per heavy atom. The fraction of sp³-hybridized carbons (Fsp3) is 0.235. The highest BCUT2D eigenvalue weighted by molar-refractivity contribution is 5.75. The first kappa shape index (κ1) is 13.6. The maximum Gasteiger partial charge on any atom is 0.123 e. The van der Waals surface area contributed by atoms with Crippen LogP contribution in [0.4, 0.5) is 0 Å². The Labute approximate surface area is 124 Å². The van der Waals surface area contributed by atoms with Crippen molar-refractivity contribution < 1.29 is 4.74 Å². The lowest BCUT2D eigenvalue weighted by molar-refractivity contribution is 0.409. The summed E-state index contributed by atoms with van der Waals surface area (Å²) >= 11 is 0. The summed E-state index contributed by atoms with van der Waals surface area (Å²) in [6, 6.07) is 14.3. The molecule has 108 valence electrons. The van der Waals surface area contributed by atoms with Gasteiger partial charge in [0.25, 0.3) is 0 Å². The standard InChI is InChI=1S/C17H19N3O/c1-20-15-6-4-3-5-14(15)19-17(20)10-12-7-8-16(21-2)13(9-12)11-18/h3-9H,10-11,18H2,1-2H3. The minimum absolute atomic E-state index is 0.472. The minimum atomic E-state index is 0.472. The molecular formula is C17H19N3O. The monoisotopic (exact) mass is 281 g/mol. The molecule has 2 N–H and O–H groups in total. The molecule has 4 nitrogen and oxygen atoms in total.